The Bertz CT molecular complexity index is 1210. The number of aromatic nitrogens is 5. The number of nitrogens with one attached hydrogen (secondary N) is 1. The number of halogens is 3. The lowest BCUT2D eigenvalue weighted by Crippen LogP contribution is -2.36. The average Bonchev–Trinajstić information content (AvgIpc) is 3.47. The van der Waals surface area contributed by atoms with Crippen molar-refractivity contribution in [2.75, 3.05) is 0 Å². The zero-order chi connectivity index (χ0) is 22.5. The normalized spacial score (nSPS) is 15.3. The van der Waals surface area contributed by atoms with Gasteiger partial charge >= 0.3 is 6.18 Å². The summed E-state index contributed by atoms with van der Waals surface area (Å²) in [7, 11) is 0. The number of amides is 1. The standard InChI is InChI=1S/C20H21F3N6O2/c1-10(15-7-4-13(8-24-15)20(21,22)23)25-16(30)9-28-19(31)18-17(11(2)26-28)12(3)27-29(18)14-5-6-14/h4,7-8,10,14H,5-6,9H2,1-3H3,(H,25,30). The molecule has 3 heterocycles. The van der Waals surface area contributed by atoms with E-state index in [1.54, 1.807) is 18.5 Å². The Balaban J connectivity index is 1.54. The molecule has 1 atom stereocenters. The summed E-state index contributed by atoms with van der Waals surface area (Å²) in [5.74, 6) is -0.503. The zero-order valence-electron chi connectivity index (χ0n) is 17.2. The average molecular weight is 434 g/mol. The van der Waals surface area contributed by atoms with Gasteiger partial charge < -0.3 is 5.32 Å². The fraction of sp³-hybridized carbons (Fsp3) is 0.450. The van der Waals surface area contributed by atoms with Crippen LogP contribution in [0.15, 0.2) is 23.1 Å². The van der Waals surface area contributed by atoms with Crippen LogP contribution in [0.5, 0.6) is 0 Å². The molecule has 1 saturated carbocycles. The lowest BCUT2D eigenvalue weighted by molar-refractivity contribution is -0.137. The van der Waals surface area contributed by atoms with Gasteiger partial charge in [0.1, 0.15) is 12.1 Å². The van der Waals surface area contributed by atoms with Crippen molar-refractivity contribution in [3.8, 4) is 0 Å². The highest BCUT2D eigenvalue weighted by Crippen LogP contribution is 2.36. The van der Waals surface area contributed by atoms with Crippen LogP contribution in [0.3, 0.4) is 0 Å². The SMILES string of the molecule is Cc1nn(CC(=O)NC(C)c2ccc(C(F)(F)F)cn2)c(=O)c2c1c(C)nn2C1CC1. The first-order valence-corrected chi connectivity index (χ1v) is 9.85. The van der Waals surface area contributed by atoms with Crippen LogP contribution in [-0.2, 0) is 17.5 Å². The number of carbonyl (C=O) groups excluding carboxylic acids is 1. The molecule has 0 aliphatic heterocycles. The molecule has 1 aliphatic rings. The fourth-order valence-corrected chi connectivity index (χ4v) is 3.60. The maximum atomic E-state index is 13.0. The third kappa shape index (κ3) is 4.04. The summed E-state index contributed by atoms with van der Waals surface area (Å²) < 4.78 is 40.9. The quantitative estimate of drug-likeness (QED) is 0.666. The van der Waals surface area contributed by atoms with Gasteiger partial charge in [-0.15, -0.1) is 0 Å². The summed E-state index contributed by atoms with van der Waals surface area (Å²) in [5, 5.41) is 12.1. The molecule has 11 heteroatoms. The largest absolute Gasteiger partial charge is 0.417 e. The van der Waals surface area contributed by atoms with Crippen molar-refractivity contribution >= 4 is 16.8 Å². The highest BCUT2D eigenvalue weighted by Gasteiger charge is 2.31. The molecule has 31 heavy (non-hydrogen) atoms. The van der Waals surface area contributed by atoms with Crippen molar-refractivity contribution in [3.63, 3.8) is 0 Å². The van der Waals surface area contributed by atoms with Gasteiger partial charge in [-0.05, 0) is 45.7 Å². The number of nitrogens with zero attached hydrogens (tertiary/aromatic N) is 5. The van der Waals surface area contributed by atoms with Gasteiger partial charge in [0.05, 0.1) is 40.1 Å². The van der Waals surface area contributed by atoms with Crippen molar-refractivity contribution in [1.82, 2.24) is 29.9 Å². The minimum absolute atomic E-state index is 0.193. The van der Waals surface area contributed by atoms with Crippen LogP contribution in [0, 0.1) is 13.8 Å². The first-order valence-electron chi connectivity index (χ1n) is 9.85. The number of carbonyl (C=O) groups is 1. The Morgan fingerprint density at radius 3 is 2.48 bits per heavy atom. The van der Waals surface area contributed by atoms with Crippen molar-refractivity contribution in [2.24, 2.45) is 0 Å². The molecule has 3 aromatic rings. The molecule has 3 aromatic heterocycles. The molecule has 4 rings (SSSR count). The second-order valence-electron chi connectivity index (χ2n) is 7.79. The topological polar surface area (TPSA) is 94.7 Å². The van der Waals surface area contributed by atoms with Crippen LogP contribution >= 0.6 is 0 Å². The van der Waals surface area contributed by atoms with Crippen molar-refractivity contribution in [2.45, 2.75) is 58.4 Å². The van der Waals surface area contributed by atoms with Crippen molar-refractivity contribution in [3.05, 3.63) is 51.3 Å². The molecule has 0 radical (unpaired) electrons. The molecule has 1 unspecified atom stereocenters. The van der Waals surface area contributed by atoms with E-state index in [1.165, 1.54) is 6.07 Å². The number of alkyl halides is 3. The summed E-state index contributed by atoms with van der Waals surface area (Å²) in [6, 6.07) is 1.68. The molecule has 1 N–H and O–H groups in total. The zero-order valence-corrected chi connectivity index (χ0v) is 17.2. The second kappa shape index (κ2) is 7.47. The van der Waals surface area contributed by atoms with E-state index in [-0.39, 0.29) is 18.3 Å². The van der Waals surface area contributed by atoms with E-state index in [0.29, 0.717) is 16.6 Å². The molecule has 1 aliphatic carbocycles. The summed E-state index contributed by atoms with van der Waals surface area (Å²) in [6.07, 6.45) is -1.85. The second-order valence-corrected chi connectivity index (χ2v) is 7.79. The molecule has 0 saturated heterocycles. The van der Waals surface area contributed by atoms with Crippen LogP contribution in [-0.4, -0.2) is 30.5 Å². The van der Waals surface area contributed by atoms with Gasteiger partial charge in [0.25, 0.3) is 5.56 Å². The van der Waals surface area contributed by atoms with E-state index in [0.717, 1.165) is 35.5 Å². The van der Waals surface area contributed by atoms with Gasteiger partial charge in [0.2, 0.25) is 5.91 Å². The van der Waals surface area contributed by atoms with Gasteiger partial charge in [-0.2, -0.15) is 23.4 Å². The van der Waals surface area contributed by atoms with Crippen LogP contribution in [0.4, 0.5) is 13.2 Å². The monoisotopic (exact) mass is 434 g/mol. The van der Waals surface area contributed by atoms with E-state index in [9.17, 15) is 22.8 Å². The van der Waals surface area contributed by atoms with E-state index >= 15 is 0 Å². The lowest BCUT2D eigenvalue weighted by Gasteiger charge is -2.15. The number of pyridine rings is 1. The smallest absolute Gasteiger partial charge is 0.346 e. The summed E-state index contributed by atoms with van der Waals surface area (Å²) in [5.41, 5.74) is 0.778. The molecule has 164 valence electrons. The molecular formula is C20H21F3N6O2. The molecule has 1 amide bonds. The Morgan fingerprint density at radius 2 is 1.90 bits per heavy atom. The lowest BCUT2D eigenvalue weighted by atomic mass is 10.2. The van der Waals surface area contributed by atoms with Gasteiger partial charge in [-0.25, -0.2) is 4.68 Å². The van der Waals surface area contributed by atoms with Crippen LogP contribution in [0.25, 0.3) is 10.9 Å². The predicted octanol–water partition coefficient (Wildman–Crippen LogP) is 2.84. The summed E-state index contributed by atoms with van der Waals surface area (Å²) in [4.78, 5) is 29.3. The van der Waals surface area contributed by atoms with Gasteiger partial charge in [0.15, 0.2) is 0 Å². The summed E-state index contributed by atoms with van der Waals surface area (Å²) in [6.45, 7) is 4.86. The maximum absolute atomic E-state index is 13.0. The van der Waals surface area contributed by atoms with E-state index in [4.69, 9.17) is 0 Å². The first kappa shape index (κ1) is 21.0. The number of aryl methyl sites for hydroxylation is 2. The van der Waals surface area contributed by atoms with Crippen LogP contribution < -0.4 is 10.9 Å². The van der Waals surface area contributed by atoms with Gasteiger partial charge in [-0.3, -0.25) is 19.3 Å². The predicted molar refractivity (Wildman–Crippen MR) is 105 cm³/mol. The molecule has 0 spiro atoms. The highest BCUT2D eigenvalue weighted by molar-refractivity contribution is 5.83. The molecular weight excluding hydrogens is 413 g/mol. The van der Waals surface area contributed by atoms with E-state index in [2.05, 4.69) is 20.5 Å². The number of rotatable bonds is 5. The first-order chi connectivity index (χ1) is 14.6. The fourth-order valence-electron chi connectivity index (χ4n) is 3.60. The molecule has 0 aromatic carbocycles. The Hall–Kier alpha value is -3.24. The Labute approximate surface area is 175 Å². The minimum Gasteiger partial charge on any atom is -0.346 e. The van der Waals surface area contributed by atoms with Crippen LogP contribution in [0.2, 0.25) is 0 Å². The third-order valence-electron chi connectivity index (χ3n) is 5.28. The molecule has 0 bridgehead atoms. The van der Waals surface area contributed by atoms with Gasteiger partial charge in [-0.1, -0.05) is 0 Å². The Morgan fingerprint density at radius 1 is 1.23 bits per heavy atom. The van der Waals surface area contributed by atoms with Crippen molar-refractivity contribution in [1.29, 1.82) is 0 Å². The Kier molecular flexibility index (Phi) is 5.06. The number of hydrogen-bond donors (Lipinski definition) is 1. The minimum atomic E-state index is -4.48. The van der Waals surface area contributed by atoms with Crippen LogP contribution in [0.1, 0.15) is 54.5 Å². The molecule has 8 nitrogen and oxygen atoms in total. The highest BCUT2D eigenvalue weighted by atomic mass is 19.4. The third-order valence-corrected chi connectivity index (χ3v) is 5.28. The number of fused-ring (bicyclic) bond motifs is 1. The van der Waals surface area contributed by atoms with E-state index < -0.39 is 29.2 Å². The molecule has 1 fully saturated rings. The maximum Gasteiger partial charge on any atom is 0.417 e. The van der Waals surface area contributed by atoms with Crippen molar-refractivity contribution < 1.29 is 18.0 Å². The van der Waals surface area contributed by atoms with Gasteiger partial charge in [0, 0.05) is 6.20 Å². The summed E-state index contributed by atoms with van der Waals surface area (Å²) >= 11 is 0. The number of hydrogen-bond acceptors (Lipinski definition) is 5. The van der Waals surface area contributed by atoms with E-state index in [1.807, 2.05) is 6.92 Å².